The number of carbonyl (C=O) groups excluding carboxylic acids is 3. The molecule has 0 saturated carbocycles. The van der Waals surface area contributed by atoms with Crippen LogP contribution in [0.3, 0.4) is 0 Å². The van der Waals surface area contributed by atoms with Gasteiger partial charge in [0, 0.05) is 35.2 Å². The Bertz CT molecular complexity index is 2960. The highest BCUT2D eigenvalue weighted by Gasteiger charge is 2.52. The molecule has 0 atom stereocenters. The zero-order chi connectivity index (χ0) is 43.5. The Morgan fingerprint density at radius 2 is 1.15 bits per heavy atom. The van der Waals surface area contributed by atoms with Gasteiger partial charge in [0.2, 0.25) is 0 Å². The molecule has 1 fully saturated rings. The number of esters is 1. The summed E-state index contributed by atoms with van der Waals surface area (Å²) < 4.78 is 73.0. The lowest BCUT2D eigenvalue weighted by Crippen LogP contribution is -2.41. The first-order valence-electron chi connectivity index (χ1n) is 19.3. The van der Waals surface area contributed by atoms with Crippen molar-refractivity contribution in [2.45, 2.75) is 82.3 Å². The third-order valence-electron chi connectivity index (χ3n) is 11.4. The molecular formula is C45H45BN2O10S2. The van der Waals surface area contributed by atoms with Crippen molar-refractivity contribution in [2.24, 2.45) is 0 Å². The van der Waals surface area contributed by atoms with Crippen LogP contribution in [0.25, 0.3) is 27.4 Å². The minimum atomic E-state index is -3.96. The second-order valence-electron chi connectivity index (χ2n) is 16.0. The summed E-state index contributed by atoms with van der Waals surface area (Å²) in [6, 6.07) is 23.2. The van der Waals surface area contributed by atoms with E-state index in [0.717, 1.165) is 26.2 Å². The monoisotopic (exact) mass is 848 g/mol. The number of Topliss-reactive ketones (excluding diaryl/α,β-unsaturated/α-hetero) is 1. The SMILES string of the molecule is CC(=O)c1ccc(C2=CC(=O)CC2)c2ccn(S(=O)(=O)c3ccc(C)cc3)c12.COC(=O)c1ccc(B2OC(C)(C)C(C)(C)O2)c2ccn(S(=O)(=O)c3ccc(C)cc3)c12. The van der Waals surface area contributed by atoms with Gasteiger partial charge >= 0.3 is 13.1 Å². The van der Waals surface area contributed by atoms with Gasteiger partial charge in [-0.1, -0.05) is 47.5 Å². The lowest BCUT2D eigenvalue weighted by Gasteiger charge is -2.32. The number of allylic oxidation sites excluding steroid dienone is 2. The van der Waals surface area contributed by atoms with E-state index in [-0.39, 0.29) is 32.4 Å². The number of ketones is 2. The van der Waals surface area contributed by atoms with Crippen molar-refractivity contribution in [1.29, 1.82) is 0 Å². The number of ether oxygens (including phenoxy) is 1. The lowest BCUT2D eigenvalue weighted by atomic mass is 9.76. The van der Waals surface area contributed by atoms with Crippen LogP contribution in [0.2, 0.25) is 0 Å². The normalized spacial score (nSPS) is 16.2. The van der Waals surface area contributed by atoms with Gasteiger partial charge in [-0.05, 0) is 126 Å². The van der Waals surface area contributed by atoms with Gasteiger partial charge in [0.25, 0.3) is 20.0 Å². The predicted molar refractivity (Wildman–Crippen MR) is 231 cm³/mol. The maximum Gasteiger partial charge on any atom is 0.495 e. The molecule has 1 saturated heterocycles. The van der Waals surface area contributed by atoms with E-state index >= 15 is 0 Å². The average Bonchev–Trinajstić information content (AvgIpc) is 3.99. The third-order valence-corrected chi connectivity index (χ3v) is 14.8. The number of nitrogens with zero attached hydrogens (tertiary/aromatic N) is 2. The van der Waals surface area contributed by atoms with E-state index in [1.54, 1.807) is 91.0 Å². The molecule has 6 aromatic rings. The molecule has 0 unspecified atom stereocenters. The Labute approximate surface area is 350 Å². The summed E-state index contributed by atoms with van der Waals surface area (Å²) in [5.74, 6) is -0.785. The van der Waals surface area contributed by atoms with Crippen LogP contribution in [0.4, 0.5) is 0 Å². The van der Waals surface area contributed by atoms with Gasteiger partial charge in [-0.2, -0.15) is 0 Å². The van der Waals surface area contributed by atoms with Gasteiger partial charge in [-0.3, -0.25) is 9.59 Å². The number of benzene rings is 4. The first-order valence-corrected chi connectivity index (χ1v) is 22.2. The minimum absolute atomic E-state index is 0.0607. The van der Waals surface area contributed by atoms with E-state index in [1.165, 1.54) is 30.4 Å². The molecule has 0 amide bonds. The van der Waals surface area contributed by atoms with E-state index in [4.69, 9.17) is 14.0 Å². The summed E-state index contributed by atoms with van der Waals surface area (Å²) in [4.78, 5) is 36.7. The molecular weight excluding hydrogens is 803 g/mol. The molecule has 12 nitrogen and oxygen atoms in total. The van der Waals surface area contributed by atoms with Crippen molar-refractivity contribution in [1.82, 2.24) is 7.94 Å². The fraction of sp³-hybridized carbons (Fsp3) is 0.267. The Hall–Kier alpha value is -5.61. The van der Waals surface area contributed by atoms with Crippen LogP contribution in [-0.2, 0) is 38.9 Å². The second-order valence-corrected chi connectivity index (χ2v) is 19.6. The van der Waals surface area contributed by atoms with Crippen LogP contribution in [0.1, 0.15) is 84.9 Å². The van der Waals surface area contributed by atoms with Crippen molar-refractivity contribution in [2.75, 3.05) is 7.11 Å². The molecule has 60 heavy (non-hydrogen) atoms. The van der Waals surface area contributed by atoms with Crippen molar-refractivity contribution in [3.05, 3.63) is 131 Å². The molecule has 0 N–H and O–H groups in total. The van der Waals surface area contributed by atoms with Gasteiger partial charge in [-0.15, -0.1) is 0 Å². The molecule has 8 rings (SSSR count). The number of rotatable bonds is 8. The molecule has 2 aromatic heterocycles. The first-order chi connectivity index (χ1) is 28.2. The van der Waals surface area contributed by atoms with E-state index in [9.17, 15) is 31.2 Å². The van der Waals surface area contributed by atoms with Crippen molar-refractivity contribution in [3.63, 3.8) is 0 Å². The highest BCUT2D eigenvalue weighted by atomic mass is 32.2. The summed E-state index contributed by atoms with van der Waals surface area (Å²) in [5, 5.41) is 1.20. The van der Waals surface area contributed by atoms with Gasteiger partial charge in [0.15, 0.2) is 11.6 Å². The Morgan fingerprint density at radius 1 is 0.667 bits per heavy atom. The quantitative estimate of drug-likeness (QED) is 0.0859. The summed E-state index contributed by atoms with van der Waals surface area (Å²) in [7, 11) is -7.28. The van der Waals surface area contributed by atoms with Crippen molar-refractivity contribution >= 4 is 77.5 Å². The number of hydrogen-bond donors (Lipinski definition) is 0. The van der Waals surface area contributed by atoms with Gasteiger partial charge in [0.1, 0.15) is 0 Å². The van der Waals surface area contributed by atoms with Crippen molar-refractivity contribution < 1.29 is 45.3 Å². The smallest absolute Gasteiger partial charge is 0.465 e. The highest BCUT2D eigenvalue weighted by Crippen LogP contribution is 2.38. The number of methoxy groups -OCH3 is 1. The van der Waals surface area contributed by atoms with Gasteiger partial charge < -0.3 is 14.0 Å². The third kappa shape index (κ3) is 7.44. The van der Waals surface area contributed by atoms with Gasteiger partial charge in [0.05, 0.1) is 44.7 Å². The van der Waals surface area contributed by atoms with E-state index in [2.05, 4.69) is 0 Å². The zero-order valence-corrected chi connectivity index (χ0v) is 36.2. The largest absolute Gasteiger partial charge is 0.495 e. The molecule has 0 spiro atoms. The number of carbonyl (C=O) groups is 3. The van der Waals surface area contributed by atoms with E-state index < -0.39 is 44.3 Å². The maximum absolute atomic E-state index is 13.5. The number of aromatic nitrogens is 2. The first kappa shape index (κ1) is 42.5. The van der Waals surface area contributed by atoms with Crippen molar-refractivity contribution in [3.8, 4) is 0 Å². The zero-order valence-electron chi connectivity index (χ0n) is 34.6. The maximum atomic E-state index is 13.5. The van der Waals surface area contributed by atoms with Gasteiger partial charge in [-0.25, -0.2) is 29.6 Å². The lowest BCUT2D eigenvalue weighted by molar-refractivity contribution is -0.114. The average molecular weight is 849 g/mol. The summed E-state index contributed by atoms with van der Waals surface area (Å²) in [5.41, 5.74) is 4.13. The summed E-state index contributed by atoms with van der Waals surface area (Å²) in [6.45, 7) is 13.0. The van der Waals surface area contributed by atoms with Crippen LogP contribution in [0.15, 0.2) is 113 Å². The molecule has 0 bridgehead atoms. The topological polar surface area (TPSA) is 157 Å². The molecule has 1 aliphatic carbocycles. The fourth-order valence-corrected chi connectivity index (χ4v) is 10.1. The van der Waals surface area contributed by atoms with Crippen LogP contribution in [0.5, 0.6) is 0 Å². The highest BCUT2D eigenvalue weighted by molar-refractivity contribution is 7.90. The number of fused-ring (bicyclic) bond motifs is 2. The summed E-state index contributed by atoms with van der Waals surface area (Å²) in [6.07, 6.45) is 5.60. The predicted octanol–water partition coefficient (Wildman–Crippen LogP) is 7.41. The molecule has 2 aliphatic rings. The number of hydrogen-bond acceptors (Lipinski definition) is 10. The van der Waals surface area contributed by atoms with E-state index in [1.807, 2.05) is 41.5 Å². The Kier molecular flexibility index (Phi) is 10.9. The molecule has 15 heteroatoms. The minimum Gasteiger partial charge on any atom is -0.465 e. The molecule has 3 heterocycles. The Balaban J connectivity index is 0.000000183. The Morgan fingerprint density at radius 3 is 1.62 bits per heavy atom. The summed E-state index contributed by atoms with van der Waals surface area (Å²) >= 11 is 0. The van der Waals surface area contributed by atoms with Crippen LogP contribution in [-0.4, -0.2) is 67.7 Å². The molecule has 4 aromatic carbocycles. The van der Waals surface area contributed by atoms with Crippen LogP contribution in [0, 0.1) is 13.8 Å². The van der Waals surface area contributed by atoms with Crippen LogP contribution >= 0.6 is 0 Å². The standard InChI is InChI=1S/C23H26BNO6S.C22H19NO4S/c1-15-7-9-16(10-8-15)32(27,28)25-14-13-17-19(12-11-18(20(17)25)21(26)29-6)24-30-22(2,3)23(4,5)31-24;1-14-3-7-18(8-4-14)28(26,27)23-12-11-21-20(16-5-6-17(25)13-16)10-9-19(15(2)24)22(21)23/h7-14H,1-6H3;3-4,7-13H,5-6H2,1-2H3. The van der Waals surface area contributed by atoms with Crippen LogP contribution < -0.4 is 5.46 Å². The number of aryl methyl sites for hydroxylation is 2. The second kappa shape index (κ2) is 15.5. The van der Waals surface area contributed by atoms with E-state index in [0.29, 0.717) is 40.2 Å². The molecule has 0 radical (unpaired) electrons. The molecule has 310 valence electrons. The molecule has 1 aliphatic heterocycles. The fourth-order valence-electron chi connectivity index (χ4n) is 7.36.